The second kappa shape index (κ2) is 6.95. The Hall–Kier alpha value is -1.83. The average Bonchev–Trinajstić information content (AvgIpc) is 2.33. The largest absolute Gasteiger partial charge is 0.497 e. The standard InChI is InChI=1S/C14H20FNO5S/c1-14(2,3)21-13(17)16-12-9-11(20-4)6-5-10(12)7-8-22(15,18)19/h5-6,9H,7-8H2,1-4H3,(H,16,17). The molecule has 0 atom stereocenters. The van der Waals surface area contributed by atoms with Crippen molar-refractivity contribution < 1.29 is 26.6 Å². The minimum absolute atomic E-state index is 0.0754. The van der Waals surface area contributed by atoms with Crippen molar-refractivity contribution in [2.24, 2.45) is 0 Å². The number of aryl methyl sites for hydroxylation is 1. The van der Waals surface area contributed by atoms with Crippen molar-refractivity contribution in [1.82, 2.24) is 0 Å². The minimum atomic E-state index is -4.59. The number of nitrogens with one attached hydrogen (secondary N) is 1. The van der Waals surface area contributed by atoms with Crippen molar-refractivity contribution in [1.29, 1.82) is 0 Å². The van der Waals surface area contributed by atoms with Crippen molar-refractivity contribution in [3.8, 4) is 5.75 Å². The lowest BCUT2D eigenvalue weighted by atomic mass is 10.1. The van der Waals surface area contributed by atoms with E-state index in [9.17, 15) is 17.1 Å². The van der Waals surface area contributed by atoms with Crippen LogP contribution in [0.5, 0.6) is 5.75 Å². The van der Waals surface area contributed by atoms with Gasteiger partial charge in [0.1, 0.15) is 11.4 Å². The van der Waals surface area contributed by atoms with Gasteiger partial charge in [0.15, 0.2) is 0 Å². The number of carbonyl (C=O) groups is 1. The molecule has 6 nitrogen and oxygen atoms in total. The monoisotopic (exact) mass is 333 g/mol. The van der Waals surface area contributed by atoms with Crippen LogP contribution < -0.4 is 10.1 Å². The third-order valence-electron chi connectivity index (χ3n) is 2.57. The van der Waals surface area contributed by atoms with Crippen LogP contribution in [0.25, 0.3) is 0 Å². The van der Waals surface area contributed by atoms with Crippen LogP contribution in [0, 0.1) is 0 Å². The summed E-state index contributed by atoms with van der Waals surface area (Å²) in [4.78, 5) is 11.8. The summed E-state index contributed by atoms with van der Waals surface area (Å²) in [5.41, 5.74) is 0.107. The number of carbonyl (C=O) groups excluding carboxylic acids is 1. The van der Waals surface area contributed by atoms with E-state index in [1.165, 1.54) is 13.2 Å². The summed E-state index contributed by atoms with van der Waals surface area (Å²) >= 11 is 0. The Morgan fingerprint density at radius 2 is 1.95 bits per heavy atom. The van der Waals surface area contributed by atoms with E-state index < -0.39 is 27.7 Å². The average molecular weight is 333 g/mol. The van der Waals surface area contributed by atoms with E-state index in [4.69, 9.17) is 9.47 Å². The quantitative estimate of drug-likeness (QED) is 0.838. The summed E-state index contributed by atoms with van der Waals surface area (Å²) in [6.45, 7) is 5.15. The molecule has 22 heavy (non-hydrogen) atoms. The molecule has 1 aromatic rings. The van der Waals surface area contributed by atoms with Gasteiger partial charge in [0.2, 0.25) is 0 Å². The molecule has 0 aromatic heterocycles. The Morgan fingerprint density at radius 3 is 2.45 bits per heavy atom. The molecule has 0 aliphatic rings. The van der Waals surface area contributed by atoms with Crippen LogP contribution in [0.3, 0.4) is 0 Å². The van der Waals surface area contributed by atoms with Crippen molar-refractivity contribution in [2.75, 3.05) is 18.2 Å². The number of ether oxygens (including phenoxy) is 2. The van der Waals surface area contributed by atoms with Gasteiger partial charge in [0, 0.05) is 6.07 Å². The van der Waals surface area contributed by atoms with Gasteiger partial charge in [-0.25, -0.2) is 4.79 Å². The fraction of sp³-hybridized carbons (Fsp3) is 0.500. The number of halogens is 1. The summed E-state index contributed by atoms with van der Waals surface area (Å²) in [6, 6.07) is 4.68. The molecule has 0 saturated heterocycles. The van der Waals surface area contributed by atoms with Crippen molar-refractivity contribution >= 4 is 22.0 Å². The Kier molecular flexibility index (Phi) is 5.76. The van der Waals surface area contributed by atoms with Crippen molar-refractivity contribution in [2.45, 2.75) is 32.8 Å². The predicted octanol–water partition coefficient (Wildman–Crippen LogP) is 2.88. The van der Waals surface area contributed by atoms with Gasteiger partial charge in [0.05, 0.1) is 18.6 Å². The third-order valence-corrected chi connectivity index (χ3v) is 3.26. The summed E-state index contributed by atoms with van der Waals surface area (Å²) in [5.74, 6) is -0.194. The number of hydrogen-bond acceptors (Lipinski definition) is 5. The second-order valence-electron chi connectivity index (χ2n) is 5.64. The SMILES string of the molecule is COc1ccc(CCS(=O)(=O)F)c(NC(=O)OC(C)(C)C)c1. The Labute approximate surface area is 129 Å². The van der Waals surface area contributed by atoms with Crippen LogP contribution in [0.1, 0.15) is 26.3 Å². The van der Waals surface area contributed by atoms with Gasteiger partial charge in [-0.05, 0) is 38.8 Å². The molecule has 8 heteroatoms. The van der Waals surface area contributed by atoms with E-state index in [0.717, 1.165) is 0 Å². The second-order valence-corrected chi connectivity index (χ2v) is 7.13. The Morgan fingerprint density at radius 1 is 1.32 bits per heavy atom. The molecule has 0 bridgehead atoms. The fourth-order valence-corrected chi connectivity index (χ4v) is 2.13. The Bertz CT molecular complexity index is 637. The number of hydrogen-bond donors (Lipinski definition) is 1. The molecule has 1 rings (SSSR count). The molecule has 0 heterocycles. The zero-order valence-corrected chi connectivity index (χ0v) is 13.8. The van der Waals surface area contributed by atoms with Gasteiger partial charge in [-0.2, -0.15) is 8.42 Å². The minimum Gasteiger partial charge on any atom is -0.497 e. The molecule has 124 valence electrons. The molecule has 0 fully saturated rings. The van der Waals surface area contributed by atoms with E-state index in [1.807, 2.05) is 0 Å². The first-order chi connectivity index (χ1) is 10.00. The van der Waals surface area contributed by atoms with Gasteiger partial charge in [-0.15, -0.1) is 3.89 Å². The van der Waals surface area contributed by atoms with Gasteiger partial charge in [-0.3, -0.25) is 5.32 Å². The van der Waals surface area contributed by atoms with E-state index >= 15 is 0 Å². The first-order valence-electron chi connectivity index (χ1n) is 6.59. The molecule has 1 N–H and O–H groups in total. The highest BCUT2D eigenvalue weighted by molar-refractivity contribution is 7.86. The van der Waals surface area contributed by atoms with Gasteiger partial charge >= 0.3 is 16.3 Å². The Balaban J connectivity index is 2.96. The van der Waals surface area contributed by atoms with E-state index in [0.29, 0.717) is 17.0 Å². The van der Waals surface area contributed by atoms with E-state index in [1.54, 1.807) is 32.9 Å². The first-order valence-corrected chi connectivity index (χ1v) is 8.15. The zero-order valence-electron chi connectivity index (χ0n) is 13.0. The van der Waals surface area contributed by atoms with Gasteiger partial charge < -0.3 is 9.47 Å². The summed E-state index contributed by atoms with van der Waals surface area (Å²) in [6.07, 6.45) is -0.765. The smallest absolute Gasteiger partial charge is 0.412 e. The molecule has 0 spiro atoms. The van der Waals surface area contributed by atoms with Gasteiger partial charge in [0.25, 0.3) is 0 Å². The zero-order chi connectivity index (χ0) is 17.0. The lowest BCUT2D eigenvalue weighted by Crippen LogP contribution is -2.27. The molecule has 0 saturated carbocycles. The van der Waals surface area contributed by atoms with Crippen molar-refractivity contribution in [3.05, 3.63) is 23.8 Å². The predicted molar refractivity (Wildman–Crippen MR) is 81.4 cm³/mol. The molecule has 0 aliphatic carbocycles. The molecular formula is C14H20FNO5S. The fourth-order valence-electron chi connectivity index (χ4n) is 1.66. The number of methoxy groups -OCH3 is 1. The summed E-state index contributed by atoms with van der Waals surface area (Å²) in [5, 5.41) is 2.52. The van der Waals surface area contributed by atoms with Gasteiger partial charge in [-0.1, -0.05) is 6.07 Å². The molecule has 1 amide bonds. The first kappa shape index (κ1) is 18.2. The highest BCUT2D eigenvalue weighted by atomic mass is 32.3. The maximum Gasteiger partial charge on any atom is 0.412 e. The third kappa shape index (κ3) is 6.75. The number of benzene rings is 1. The van der Waals surface area contributed by atoms with Crippen LogP contribution in [0.2, 0.25) is 0 Å². The number of anilines is 1. The summed E-state index contributed by atoms with van der Waals surface area (Å²) in [7, 11) is -3.13. The highest BCUT2D eigenvalue weighted by Gasteiger charge is 2.18. The van der Waals surface area contributed by atoms with Crippen molar-refractivity contribution in [3.63, 3.8) is 0 Å². The lowest BCUT2D eigenvalue weighted by Gasteiger charge is -2.20. The van der Waals surface area contributed by atoms with E-state index in [-0.39, 0.29) is 6.42 Å². The van der Waals surface area contributed by atoms with Crippen LogP contribution in [-0.4, -0.2) is 33.0 Å². The van der Waals surface area contributed by atoms with Crippen LogP contribution >= 0.6 is 0 Å². The maximum atomic E-state index is 12.7. The topological polar surface area (TPSA) is 81.7 Å². The van der Waals surface area contributed by atoms with Crippen LogP contribution in [0.4, 0.5) is 14.4 Å². The normalized spacial score (nSPS) is 11.9. The number of rotatable bonds is 5. The molecule has 0 aliphatic heterocycles. The lowest BCUT2D eigenvalue weighted by molar-refractivity contribution is 0.0636. The van der Waals surface area contributed by atoms with E-state index in [2.05, 4.69) is 5.32 Å². The maximum absolute atomic E-state index is 12.7. The molecule has 1 aromatic carbocycles. The summed E-state index contributed by atoms with van der Waals surface area (Å²) < 4.78 is 44.1. The highest BCUT2D eigenvalue weighted by Crippen LogP contribution is 2.24. The molecule has 0 radical (unpaired) electrons. The molecule has 0 unspecified atom stereocenters. The number of amides is 1. The molecular weight excluding hydrogens is 313 g/mol. The van der Waals surface area contributed by atoms with Crippen LogP contribution in [-0.2, 0) is 21.4 Å². The van der Waals surface area contributed by atoms with Crippen LogP contribution in [0.15, 0.2) is 18.2 Å².